The van der Waals surface area contributed by atoms with Crippen molar-refractivity contribution in [2.24, 2.45) is 16.8 Å². The lowest BCUT2D eigenvalue weighted by atomic mass is 10.00. The second-order valence-electron chi connectivity index (χ2n) is 9.99. The van der Waals surface area contributed by atoms with E-state index in [9.17, 15) is 9.59 Å². The molecule has 1 saturated heterocycles. The number of para-hydroxylation sites is 1. The van der Waals surface area contributed by atoms with Crippen LogP contribution in [-0.2, 0) is 4.79 Å². The average Bonchev–Trinajstić information content (AvgIpc) is 3.53. The number of fused-ring (bicyclic) bond motifs is 1. The highest BCUT2D eigenvalue weighted by Gasteiger charge is 2.33. The Kier molecular flexibility index (Phi) is 7.57. The second-order valence-corrected chi connectivity index (χ2v) is 9.99. The van der Waals surface area contributed by atoms with E-state index in [0.717, 1.165) is 37.0 Å². The minimum atomic E-state index is -0.229. The van der Waals surface area contributed by atoms with Gasteiger partial charge in [-0.05, 0) is 43.4 Å². The highest BCUT2D eigenvalue weighted by atomic mass is 16.4. The van der Waals surface area contributed by atoms with Gasteiger partial charge in [0, 0.05) is 38.6 Å². The highest BCUT2D eigenvalue weighted by Crippen LogP contribution is 2.30. The van der Waals surface area contributed by atoms with E-state index in [1.54, 1.807) is 19.2 Å². The number of benzene rings is 1. The lowest BCUT2D eigenvalue weighted by Gasteiger charge is -2.39. The molecule has 35 heavy (non-hydrogen) atoms. The van der Waals surface area contributed by atoms with Crippen LogP contribution in [0.2, 0.25) is 0 Å². The summed E-state index contributed by atoms with van der Waals surface area (Å²) in [5.41, 5.74) is 3.26. The van der Waals surface area contributed by atoms with Crippen LogP contribution in [0.1, 0.15) is 56.8 Å². The van der Waals surface area contributed by atoms with Gasteiger partial charge in [0.1, 0.15) is 5.52 Å². The molecule has 4 rings (SSSR count). The molecule has 1 aliphatic carbocycles. The maximum Gasteiger partial charge on any atom is 0.298 e. The Labute approximate surface area is 207 Å². The average molecular weight is 480 g/mol. The van der Waals surface area contributed by atoms with Gasteiger partial charge >= 0.3 is 0 Å². The van der Waals surface area contributed by atoms with Crippen molar-refractivity contribution in [1.29, 1.82) is 0 Å². The Morgan fingerprint density at radius 1 is 1.26 bits per heavy atom. The van der Waals surface area contributed by atoms with E-state index in [2.05, 4.69) is 42.6 Å². The summed E-state index contributed by atoms with van der Waals surface area (Å²) in [5, 5.41) is 2.95. The normalized spacial score (nSPS) is 19.6. The van der Waals surface area contributed by atoms with Gasteiger partial charge in [0.25, 0.3) is 11.9 Å². The van der Waals surface area contributed by atoms with E-state index in [1.165, 1.54) is 0 Å². The summed E-state index contributed by atoms with van der Waals surface area (Å²) in [6, 6.07) is 5.95. The number of oxazole rings is 1. The van der Waals surface area contributed by atoms with Crippen LogP contribution in [-0.4, -0.2) is 66.7 Å². The first-order valence-corrected chi connectivity index (χ1v) is 12.7. The van der Waals surface area contributed by atoms with Gasteiger partial charge in [-0.25, -0.2) is 0 Å². The summed E-state index contributed by atoms with van der Waals surface area (Å²) in [6.45, 7) is 12.6. The molecule has 1 aliphatic heterocycles. The molecule has 1 atom stereocenters. The fourth-order valence-corrected chi connectivity index (χ4v) is 5.04. The minimum Gasteiger partial charge on any atom is -0.423 e. The third-order valence-corrected chi connectivity index (χ3v) is 7.30. The number of anilines is 1. The van der Waals surface area contributed by atoms with Gasteiger partial charge in [-0.15, -0.1) is 0 Å². The second kappa shape index (κ2) is 10.6. The predicted molar refractivity (Wildman–Crippen MR) is 139 cm³/mol. The van der Waals surface area contributed by atoms with Crippen LogP contribution < -0.4 is 10.2 Å². The molecular weight excluding hydrogens is 442 g/mol. The van der Waals surface area contributed by atoms with E-state index < -0.39 is 0 Å². The Morgan fingerprint density at radius 2 is 2.00 bits per heavy atom. The fourth-order valence-electron chi connectivity index (χ4n) is 5.04. The Hall–Kier alpha value is -3.16. The number of piperazine rings is 1. The SMILES string of the molecule is C=C(C(CNC(=O)c1cccc2oc(N3CCN(C(=O)C4CCCC4)CC3C)nc12)=NC)C(C)C. The molecule has 8 heteroatoms. The Balaban J connectivity index is 1.46. The number of hydrogen-bond acceptors (Lipinski definition) is 6. The Bertz CT molecular complexity index is 1130. The molecule has 2 amide bonds. The van der Waals surface area contributed by atoms with Gasteiger partial charge in [0.05, 0.1) is 17.8 Å². The van der Waals surface area contributed by atoms with Crippen molar-refractivity contribution in [3.05, 3.63) is 35.9 Å². The van der Waals surface area contributed by atoms with Crippen LogP contribution >= 0.6 is 0 Å². The molecule has 8 nitrogen and oxygen atoms in total. The number of aromatic nitrogens is 1. The molecule has 0 spiro atoms. The monoisotopic (exact) mass is 479 g/mol. The number of nitrogens with one attached hydrogen (secondary N) is 1. The summed E-state index contributed by atoms with van der Waals surface area (Å²) in [7, 11) is 1.71. The van der Waals surface area contributed by atoms with Gasteiger partial charge in [0.15, 0.2) is 5.58 Å². The molecule has 2 fully saturated rings. The van der Waals surface area contributed by atoms with Crippen LogP contribution in [0.3, 0.4) is 0 Å². The summed E-state index contributed by atoms with van der Waals surface area (Å²) < 4.78 is 6.07. The summed E-state index contributed by atoms with van der Waals surface area (Å²) in [4.78, 5) is 39.0. The standard InChI is InChI=1S/C27H37N5O3/c1-17(2)19(4)22(28-5)15-29-25(33)21-11-8-12-23-24(21)30-27(35-23)32-14-13-31(16-18(32)3)26(34)20-9-6-7-10-20/h8,11-12,17-18,20H,4,6-7,9-10,13-16H2,1-3,5H3,(H,29,33). The highest BCUT2D eigenvalue weighted by molar-refractivity contribution is 6.08. The largest absolute Gasteiger partial charge is 0.423 e. The van der Waals surface area contributed by atoms with E-state index >= 15 is 0 Å². The fraction of sp³-hybridized carbons (Fsp3) is 0.556. The number of carbonyl (C=O) groups is 2. The molecule has 2 aliphatic rings. The summed E-state index contributed by atoms with van der Waals surface area (Å²) in [6.07, 6.45) is 4.34. The van der Waals surface area contributed by atoms with Crippen LogP contribution in [0, 0.1) is 11.8 Å². The number of hydrogen-bond donors (Lipinski definition) is 1. The third-order valence-electron chi connectivity index (χ3n) is 7.30. The minimum absolute atomic E-state index is 0.0739. The molecule has 0 bridgehead atoms. The van der Waals surface area contributed by atoms with Crippen molar-refractivity contribution in [1.82, 2.24) is 15.2 Å². The van der Waals surface area contributed by atoms with Crippen molar-refractivity contribution in [2.75, 3.05) is 38.1 Å². The first kappa shape index (κ1) is 24.9. The van der Waals surface area contributed by atoms with Gasteiger partial charge in [0.2, 0.25) is 5.91 Å². The van der Waals surface area contributed by atoms with Crippen molar-refractivity contribution >= 4 is 34.6 Å². The molecular formula is C27H37N5O3. The summed E-state index contributed by atoms with van der Waals surface area (Å²) in [5.74, 6) is 0.506. The van der Waals surface area contributed by atoms with Crippen LogP contribution in [0.15, 0.2) is 39.8 Å². The van der Waals surface area contributed by atoms with Gasteiger partial charge in [-0.1, -0.05) is 39.3 Å². The first-order chi connectivity index (χ1) is 16.8. The van der Waals surface area contributed by atoms with Crippen LogP contribution in [0.5, 0.6) is 0 Å². The first-order valence-electron chi connectivity index (χ1n) is 12.7. The van der Waals surface area contributed by atoms with E-state index in [0.29, 0.717) is 54.8 Å². The number of nitrogens with zero attached hydrogens (tertiary/aromatic N) is 4. The van der Waals surface area contributed by atoms with Crippen LogP contribution in [0.4, 0.5) is 6.01 Å². The molecule has 2 aromatic rings. The van der Waals surface area contributed by atoms with Crippen molar-refractivity contribution in [3.8, 4) is 0 Å². The number of amides is 2. The number of aliphatic imine (C=N–C) groups is 1. The molecule has 0 radical (unpaired) electrons. The zero-order valence-corrected chi connectivity index (χ0v) is 21.3. The number of rotatable bonds is 7. The lowest BCUT2D eigenvalue weighted by Crippen LogP contribution is -2.54. The molecule has 188 valence electrons. The molecule has 1 saturated carbocycles. The van der Waals surface area contributed by atoms with Crippen molar-refractivity contribution < 1.29 is 14.0 Å². The smallest absolute Gasteiger partial charge is 0.298 e. The van der Waals surface area contributed by atoms with Gasteiger partial charge < -0.3 is 19.5 Å². The Morgan fingerprint density at radius 3 is 2.66 bits per heavy atom. The van der Waals surface area contributed by atoms with Crippen molar-refractivity contribution in [2.45, 2.75) is 52.5 Å². The lowest BCUT2D eigenvalue weighted by molar-refractivity contribution is -0.136. The molecule has 1 aromatic carbocycles. The topological polar surface area (TPSA) is 91.0 Å². The molecule has 1 N–H and O–H groups in total. The summed E-state index contributed by atoms with van der Waals surface area (Å²) >= 11 is 0. The number of carbonyl (C=O) groups excluding carboxylic acids is 2. The van der Waals surface area contributed by atoms with Gasteiger partial charge in [-0.2, -0.15) is 4.98 Å². The van der Waals surface area contributed by atoms with E-state index in [4.69, 9.17) is 9.40 Å². The van der Waals surface area contributed by atoms with Gasteiger partial charge in [-0.3, -0.25) is 14.6 Å². The molecule has 2 heterocycles. The quantitative estimate of drug-likeness (QED) is 0.605. The van der Waals surface area contributed by atoms with E-state index in [1.807, 2.05) is 11.0 Å². The molecule has 1 aromatic heterocycles. The molecule has 1 unspecified atom stereocenters. The predicted octanol–water partition coefficient (Wildman–Crippen LogP) is 4.07. The zero-order valence-electron chi connectivity index (χ0n) is 21.3. The van der Waals surface area contributed by atoms with Crippen molar-refractivity contribution in [3.63, 3.8) is 0 Å². The van der Waals surface area contributed by atoms with Crippen LogP contribution in [0.25, 0.3) is 11.1 Å². The maximum atomic E-state index is 13.0. The van der Waals surface area contributed by atoms with E-state index in [-0.39, 0.29) is 23.8 Å². The zero-order chi connectivity index (χ0) is 25.1. The third kappa shape index (κ3) is 5.26. The maximum absolute atomic E-state index is 13.0.